The Morgan fingerprint density at radius 3 is 2.72 bits per heavy atom. The number of H-pyrrole nitrogens is 1. The summed E-state index contributed by atoms with van der Waals surface area (Å²) in [5.74, 6) is 0.317. The number of fused-ring (bicyclic) bond motifs is 1. The molecule has 1 aliphatic heterocycles. The minimum absolute atomic E-state index is 0.111. The first-order chi connectivity index (χ1) is 13.9. The molecule has 2 heterocycles. The van der Waals surface area contributed by atoms with E-state index in [0.29, 0.717) is 40.3 Å². The van der Waals surface area contributed by atoms with Gasteiger partial charge in [-0.2, -0.15) is 5.10 Å². The lowest BCUT2D eigenvalue weighted by Crippen LogP contribution is -2.43. The Bertz CT molecular complexity index is 1070. The first-order valence-electron chi connectivity index (χ1n) is 9.15. The zero-order chi connectivity index (χ0) is 20.5. The van der Waals surface area contributed by atoms with Crippen LogP contribution in [0.15, 0.2) is 42.5 Å². The minimum atomic E-state index is -0.684. The highest BCUT2D eigenvalue weighted by Gasteiger charge is 2.29. The van der Waals surface area contributed by atoms with Gasteiger partial charge < -0.3 is 9.64 Å². The van der Waals surface area contributed by atoms with E-state index in [9.17, 15) is 4.79 Å². The van der Waals surface area contributed by atoms with Gasteiger partial charge in [-0.15, -0.1) is 0 Å². The number of aromatic amines is 1. The van der Waals surface area contributed by atoms with Crippen LogP contribution in [0.2, 0.25) is 15.1 Å². The van der Waals surface area contributed by atoms with Crippen molar-refractivity contribution in [2.45, 2.75) is 26.0 Å². The standard InChI is InChI=1S/C21H18Cl3N3O2/c1-12(29-19-6-5-15(23)10-17(19)24)21(28)27-8-7-18-16(11-27)20(26-25-18)13-3-2-4-14(22)9-13/h2-6,9-10,12H,7-8,11H2,1H3,(H,25,26). The predicted molar refractivity (Wildman–Crippen MR) is 115 cm³/mol. The molecular weight excluding hydrogens is 433 g/mol. The first-order valence-corrected chi connectivity index (χ1v) is 10.3. The van der Waals surface area contributed by atoms with Crippen molar-refractivity contribution >= 4 is 40.7 Å². The number of carbonyl (C=O) groups excluding carboxylic acids is 1. The molecule has 0 fully saturated rings. The first kappa shape index (κ1) is 20.1. The van der Waals surface area contributed by atoms with E-state index < -0.39 is 6.10 Å². The van der Waals surface area contributed by atoms with E-state index in [-0.39, 0.29) is 5.91 Å². The lowest BCUT2D eigenvalue weighted by atomic mass is 10.0. The van der Waals surface area contributed by atoms with Crippen LogP contribution in [0, 0.1) is 0 Å². The van der Waals surface area contributed by atoms with Gasteiger partial charge in [0.15, 0.2) is 6.10 Å². The van der Waals surface area contributed by atoms with Gasteiger partial charge in [-0.25, -0.2) is 0 Å². The van der Waals surface area contributed by atoms with Crippen LogP contribution in [0.4, 0.5) is 0 Å². The Morgan fingerprint density at radius 1 is 1.17 bits per heavy atom. The zero-order valence-electron chi connectivity index (χ0n) is 15.6. The monoisotopic (exact) mass is 449 g/mol. The van der Waals surface area contributed by atoms with Crippen molar-refractivity contribution in [3.63, 3.8) is 0 Å². The lowest BCUT2D eigenvalue weighted by Gasteiger charge is -2.29. The van der Waals surface area contributed by atoms with Crippen LogP contribution < -0.4 is 4.74 Å². The summed E-state index contributed by atoms with van der Waals surface area (Å²) in [6, 6.07) is 12.5. The topological polar surface area (TPSA) is 58.2 Å². The third kappa shape index (κ3) is 4.22. The molecule has 0 spiro atoms. The van der Waals surface area contributed by atoms with Crippen LogP contribution in [0.3, 0.4) is 0 Å². The second kappa shape index (κ2) is 8.27. The number of amides is 1. The van der Waals surface area contributed by atoms with Crippen molar-refractivity contribution in [1.82, 2.24) is 15.1 Å². The Hall–Kier alpha value is -2.21. The smallest absolute Gasteiger partial charge is 0.263 e. The lowest BCUT2D eigenvalue weighted by molar-refractivity contribution is -0.138. The second-order valence-electron chi connectivity index (χ2n) is 6.88. The van der Waals surface area contributed by atoms with Crippen molar-refractivity contribution < 1.29 is 9.53 Å². The fourth-order valence-corrected chi connectivity index (χ4v) is 4.07. The van der Waals surface area contributed by atoms with Gasteiger partial charge in [0.05, 0.1) is 10.7 Å². The fourth-order valence-electron chi connectivity index (χ4n) is 3.43. The normalized spacial score (nSPS) is 14.4. The van der Waals surface area contributed by atoms with Gasteiger partial charge in [-0.1, -0.05) is 46.9 Å². The number of hydrogen-bond donors (Lipinski definition) is 1. The van der Waals surface area contributed by atoms with Gasteiger partial charge in [0, 0.05) is 46.4 Å². The third-order valence-electron chi connectivity index (χ3n) is 4.89. The number of rotatable bonds is 4. The van der Waals surface area contributed by atoms with E-state index in [1.54, 1.807) is 30.0 Å². The maximum absolute atomic E-state index is 13.0. The average Bonchev–Trinajstić information content (AvgIpc) is 3.12. The molecule has 0 saturated heterocycles. The molecule has 150 valence electrons. The maximum atomic E-state index is 13.0. The molecule has 0 radical (unpaired) electrons. The number of carbonyl (C=O) groups is 1. The molecule has 3 aromatic rings. The van der Waals surface area contributed by atoms with Crippen LogP contribution >= 0.6 is 34.8 Å². The van der Waals surface area contributed by atoms with E-state index in [0.717, 1.165) is 22.5 Å². The Labute approximate surface area is 183 Å². The van der Waals surface area contributed by atoms with Crippen LogP contribution in [0.5, 0.6) is 5.75 Å². The summed E-state index contributed by atoms with van der Waals surface area (Å²) in [7, 11) is 0. The Balaban J connectivity index is 1.52. The van der Waals surface area contributed by atoms with Crippen LogP contribution in [0.1, 0.15) is 18.2 Å². The number of nitrogens with zero attached hydrogens (tertiary/aromatic N) is 2. The van der Waals surface area contributed by atoms with E-state index >= 15 is 0 Å². The van der Waals surface area contributed by atoms with Crippen LogP contribution in [0.25, 0.3) is 11.3 Å². The van der Waals surface area contributed by atoms with Crippen LogP contribution in [-0.2, 0) is 17.8 Å². The Morgan fingerprint density at radius 2 is 1.97 bits per heavy atom. The molecule has 0 aliphatic carbocycles. The SMILES string of the molecule is CC(Oc1ccc(Cl)cc1Cl)C(=O)N1CCc2[nH]nc(-c3cccc(Cl)c3)c2C1. The van der Waals surface area contributed by atoms with Crippen molar-refractivity contribution in [3.8, 4) is 17.0 Å². The molecule has 8 heteroatoms. The largest absolute Gasteiger partial charge is 0.479 e. The summed E-state index contributed by atoms with van der Waals surface area (Å²) in [6.07, 6.45) is 0.0139. The number of ether oxygens (including phenoxy) is 1. The molecule has 1 aliphatic rings. The zero-order valence-corrected chi connectivity index (χ0v) is 17.9. The number of hydrogen-bond acceptors (Lipinski definition) is 3. The summed E-state index contributed by atoms with van der Waals surface area (Å²) in [4.78, 5) is 14.8. The number of aromatic nitrogens is 2. The van der Waals surface area contributed by atoms with Crippen molar-refractivity contribution in [3.05, 3.63) is 68.8 Å². The summed E-state index contributed by atoms with van der Waals surface area (Å²) in [6.45, 7) is 2.76. The van der Waals surface area contributed by atoms with E-state index in [1.165, 1.54) is 0 Å². The van der Waals surface area contributed by atoms with Crippen molar-refractivity contribution in [2.24, 2.45) is 0 Å². The maximum Gasteiger partial charge on any atom is 0.263 e. The minimum Gasteiger partial charge on any atom is -0.479 e. The van der Waals surface area contributed by atoms with E-state index in [2.05, 4.69) is 10.2 Å². The van der Waals surface area contributed by atoms with Gasteiger partial charge in [-0.05, 0) is 37.3 Å². The van der Waals surface area contributed by atoms with Gasteiger partial charge in [0.2, 0.25) is 0 Å². The van der Waals surface area contributed by atoms with Crippen molar-refractivity contribution in [1.29, 1.82) is 0 Å². The molecule has 1 unspecified atom stereocenters. The summed E-state index contributed by atoms with van der Waals surface area (Å²) >= 11 is 18.2. The molecule has 4 rings (SSSR count). The van der Waals surface area contributed by atoms with E-state index in [1.807, 2.05) is 24.3 Å². The molecule has 0 bridgehead atoms. The van der Waals surface area contributed by atoms with Gasteiger partial charge in [-0.3, -0.25) is 9.89 Å². The molecule has 2 aromatic carbocycles. The number of benzene rings is 2. The van der Waals surface area contributed by atoms with Gasteiger partial charge >= 0.3 is 0 Å². The highest BCUT2D eigenvalue weighted by Crippen LogP contribution is 2.31. The number of nitrogens with one attached hydrogen (secondary N) is 1. The highest BCUT2D eigenvalue weighted by molar-refractivity contribution is 6.35. The molecule has 5 nitrogen and oxygen atoms in total. The average molecular weight is 451 g/mol. The summed E-state index contributed by atoms with van der Waals surface area (Å²) in [5.41, 5.74) is 3.78. The molecule has 1 amide bonds. The summed E-state index contributed by atoms with van der Waals surface area (Å²) < 4.78 is 5.79. The highest BCUT2D eigenvalue weighted by atomic mass is 35.5. The van der Waals surface area contributed by atoms with E-state index in [4.69, 9.17) is 39.5 Å². The van der Waals surface area contributed by atoms with Gasteiger partial charge in [0.1, 0.15) is 5.75 Å². The van der Waals surface area contributed by atoms with Crippen LogP contribution in [-0.4, -0.2) is 33.7 Å². The molecule has 29 heavy (non-hydrogen) atoms. The molecule has 0 saturated carbocycles. The molecule has 1 atom stereocenters. The molecular formula is C21H18Cl3N3O2. The quantitative estimate of drug-likeness (QED) is 0.580. The third-order valence-corrected chi connectivity index (χ3v) is 5.65. The summed E-state index contributed by atoms with van der Waals surface area (Å²) in [5, 5.41) is 9.07. The van der Waals surface area contributed by atoms with Crippen molar-refractivity contribution in [2.75, 3.05) is 6.54 Å². The number of halogens is 3. The molecule has 1 aromatic heterocycles. The second-order valence-corrected chi connectivity index (χ2v) is 8.16. The van der Waals surface area contributed by atoms with Gasteiger partial charge in [0.25, 0.3) is 5.91 Å². The Kier molecular flexibility index (Phi) is 5.72. The molecule has 1 N–H and O–H groups in total. The fraction of sp³-hybridized carbons (Fsp3) is 0.238. The predicted octanol–water partition coefficient (Wildman–Crippen LogP) is 5.39.